The summed E-state index contributed by atoms with van der Waals surface area (Å²) in [4.78, 5) is 9.53. The summed E-state index contributed by atoms with van der Waals surface area (Å²) in [5, 5.41) is 11.0. The molecule has 4 rings (SSSR count). The number of pyridine rings is 1. The lowest BCUT2D eigenvalue weighted by molar-refractivity contribution is 0.188. The van der Waals surface area contributed by atoms with Gasteiger partial charge in [0.05, 0.1) is 12.1 Å². The molecule has 1 aliphatic heterocycles. The number of halogens is 1. The van der Waals surface area contributed by atoms with Crippen molar-refractivity contribution in [3.05, 3.63) is 59.6 Å². The van der Waals surface area contributed by atoms with Crippen molar-refractivity contribution in [2.45, 2.75) is 0 Å². The Balaban J connectivity index is 1.71. The van der Waals surface area contributed by atoms with E-state index < -0.39 is 0 Å². The standard InChI is InChI=1S/C21H22ClN3O/c22-17-7-5-16(6-8-17)19-15-21(23-20-4-2-1-3-18(19)20)25-11-9-24(10-12-25)13-14-26/h1-8,15,26H,9-14H2. The van der Waals surface area contributed by atoms with Gasteiger partial charge in [0.15, 0.2) is 0 Å². The first-order valence-corrected chi connectivity index (χ1v) is 9.36. The molecule has 1 aromatic heterocycles. The molecule has 26 heavy (non-hydrogen) atoms. The number of anilines is 1. The highest BCUT2D eigenvalue weighted by atomic mass is 35.5. The number of benzene rings is 2. The average Bonchev–Trinajstić information content (AvgIpc) is 2.69. The highest BCUT2D eigenvalue weighted by Gasteiger charge is 2.19. The number of hydrogen-bond donors (Lipinski definition) is 1. The van der Waals surface area contributed by atoms with E-state index in [2.05, 4.69) is 46.2 Å². The third-order valence-corrected chi connectivity index (χ3v) is 5.22. The number of fused-ring (bicyclic) bond motifs is 1. The zero-order valence-electron chi connectivity index (χ0n) is 14.6. The van der Waals surface area contributed by atoms with Gasteiger partial charge in [-0.05, 0) is 35.4 Å². The fourth-order valence-electron chi connectivity index (χ4n) is 3.53. The normalized spacial score (nSPS) is 15.5. The van der Waals surface area contributed by atoms with Gasteiger partial charge in [-0.25, -0.2) is 4.98 Å². The first-order chi connectivity index (χ1) is 12.7. The molecule has 2 heterocycles. The average molecular weight is 368 g/mol. The first-order valence-electron chi connectivity index (χ1n) is 8.98. The number of β-amino-alcohol motifs (C(OH)–C–C–N with tert-alkyl or cyclic N) is 1. The topological polar surface area (TPSA) is 39.6 Å². The van der Waals surface area contributed by atoms with E-state index in [9.17, 15) is 0 Å². The van der Waals surface area contributed by atoms with Gasteiger partial charge in [-0.2, -0.15) is 0 Å². The smallest absolute Gasteiger partial charge is 0.129 e. The quantitative estimate of drug-likeness (QED) is 0.763. The highest BCUT2D eigenvalue weighted by Crippen LogP contribution is 2.32. The minimum Gasteiger partial charge on any atom is -0.395 e. The molecule has 1 saturated heterocycles. The predicted octanol–water partition coefficient (Wildman–Crippen LogP) is 3.67. The maximum absolute atomic E-state index is 9.12. The number of aliphatic hydroxyl groups excluding tert-OH is 1. The number of aromatic nitrogens is 1. The van der Waals surface area contributed by atoms with Crippen molar-refractivity contribution in [1.29, 1.82) is 0 Å². The monoisotopic (exact) mass is 367 g/mol. The maximum Gasteiger partial charge on any atom is 0.129 e. The van der Waals surface area contributed by atoms with Gasteiger partial charge in [0.2, 0.25) is 0 Å². The second kappa shape index (κ2) is 7.62. The van der Waals surface area contributed by atoms with Gasteiger partial charge in [0.1, 0.15) is 5.82 Å². The van der Waals surface area contributed by atoms with Crippen LogP contribution in [0.4, 0.5) is 5.82 Å². The van der Waals surface area contributed by atoms with Gasteiger partial charge in [-0.3, -0.25) is 4.90 Å². The Bertz CT molecular complexity index is 889. The molecule has 0 bridgehead atoms. The van der Waals surface area contributed by atoms with Gasteiger partial charge in [-0.1, -0.05) is 41.9 Å². The summed E-state index contributed by atoms with van der Waals surface area (Å²) in [6, 6.07) is 18.4. The van der Waals surface area contributed by atoms with E-state index in [0.717, 1.165) is 60.0 Å². The van der Waals surface area contributed by atoms with E-state index >= 15 is 0 Å². The third kappa shape index (κ3) is 3.54. The Labute approximate surface area is 158 Å². The number of para-hydroxylation sites is 1. The van der Waals surface area contributed by atoms with Crippen molar-refractivity contribution >= 4 is 28.3 Å². The summed E-state index contributed by atoms with van der Waals surface area (Å²) in [6.45, 7) is 4.71. The van der Waals surface area contributed by atoms with Crippen LogP contribution in [0.15, 0.2) is 54.6 Å². The van der Waals surface area contributed by atoms with Crippen molar-refractivity contribution < 1.29 is 5.11 Å². The van der Waals surface area contributed by atoms with E-state index in [1.165, 1.54) is 5.56 Å². The second-order valence-electron chi connectivity index (χ2n) is 6.60. The predicted molar refractivity (Wildman–Crippen MR) is 108 cm³/mol. The molecule has 2 aromatic carbocycles. The van der Waals surface area contributed by atoms with Gasteiger partial charge in [-0.15, -0.1) is 0 Å². The Kier molecular flexibility index (Phi) is 5.07. The number of aliphatic hydroxyl groups is 1. The molecule has 0 spiro atoms. The molecular formula is C21H22ClN3O. The van der Waals surface area contributed by atoms with Gasteiger partial charge >= 0.3 is 0 Å². The van der Waals surface area contributed by atoms with E-state index in [0.29, 0.717) is 0 Å². The minimum absolute atomic E-state index is 0.217. The third-order valence-electron chi connectivity index (χ3n) is 4.97. The molecule has 0 atom stereocenters. The molecule has 0 amide bonds. The minimum atomic E-state index is 0.217. The fourth-order valence-corrected chi connectivity index (χ4v) is 3.66. The molecule has 0 aliphatic carbocycles. The summed E-state index contributed by atoms with van der Waals surface area (Å²) in [6.07, 6.45) is 0. The summed E-state index contributed by atoms with van der Waals surface area (Å²) >= 11 is 6.07. The number of nitrogens with zero attached hydrogens (tertiary/aromatic N) is 3. The summed E-state index contributed by atoms with van der Waals surface area (Å²) in [5.74, 6) is 1.01. The van der Waals surface area contributed by atoms with E-state index in [-0.39, 0.29) is 6.61 Å². The zero-order chi connectivity index (χ0) is 17.9. The van der Waals surface area contributed by atoms with Crippen molar-refractivity contribution in [1.82, 2.24) is 9.88 Å². The van der Waals surface area contributed by atoms with Crippen LogP contribution in [-0.2, 0) is 0 Å². The summed E-state index contributed by atoms with van der Waals surface area (Å²) in [5.41, 5.74) is 3.33. The lowest BCUT2D eigenvalue weighted by Gasteiger charge is -2.35. The number of hydrogen-bond acceptors (Lipinski definition) is 4. The Morgan fingerprint density at radius 3 is 2.42 bits per heavy atom. The van der Waals surface area contributed by atoms with Crippen molar-refractivity contribution in [2.75, 3.05) is 44.2 Å². The second-order valence-corrected chi connectivity index (χ2v) is 7.04. The SMILES string of the molecule is OCCN1CCN(c2cc(-c3ccc(Cl)cc3)c3ccccc3n2)CC1. The lowest BCUT2D eigenvalue weighted by Crippen LogP contribution is -2.47. The van der Waals surface area contributed by atoms with E-state index in [1.54, 1.807) is 0 Å². The fraction of sp³-hybridized carbons (Fsp3) is 0.286. The van der Waals surface area contributed by atoms with Crippen LogP contribution in [0.3, 0.4) is 0 Å². The maximum atomic E-state index is 9.12. The van der Waals surface area contributed by atoms with Crippen LogP contribution in [-0.4, -0.2) is 54.3 Å². The largest absolute Gasteiger partial charge is 0.395 e. The zero-order valence-corrected chi connectivity index (χ0v) is 15.4. The molecule has 1 aliphatic rings. The number of rotatable bonds is 4. The molecule has 134 valence electrons. The molecule has 0 radical (unpaired) electrons. The molecule has 1 N–H and O–H groups in total. The van der Waals surface area contributed by atoms with Crippen LogP contribution in [0, 0.1) is 0 Å². The van der Waals surface area contributed by atoms with Crippen LogP contribution >= 0.6 is 11.6 Å². The molecule has 0 saturated carbocycles. The van der Waals surface area contributed by atoms with Crippen LogP contribution in [0.1, 0.15) is 0 Å². The van der Waals surface area contributed by atoms with Crippen LogP contribution in [0.5, 0.6) is 0 Å². The molecule has 4 nitrogen and oxygen atoms in total. The van der Waals surface area contributed by atoms with E-state index in [4.69, 9.17) is 21.7 Å². The summed E-state index contributed by atoms with van der Waals surface area (Å²) < 4.78 is 0. The van der Waals surface area contributed by atoms with Crippen LogP contribution in [0.2, 0.25) is 5.02 Å². The molecule has 3 aromatic rings. The lowest BCUT2D eigenvalue weighted by atomic mass is 10.0. The van der Waals surface area contributed by atoms with Crippen LogP contribution < -0.4 is 4.90 Å². The van der Waals surface area contributed by atoms with Crippen molar-refractivity contribution in [3.8, 4) is 11.1 Å². The Morgan fingerprint density at radius 2 is 1.69 bits per heavy atom. The Morgan fingerprint density at radius 1 is 0.962 bits per heavy atom. The highest BCUT2D eigenvalue weighted by molar-refractivity contribution is 6.30. The van der Waals surface area contributed by atoms with Gasteiger partial charge in [0.25, 0.3) is 0 Å². The number of piperazine rings is 1. The molecule has 5 heteroatoms. The summed E-state index contributed by atoms with van der Waals surface area (Å²) in [7, 11) is 0. The van der Waals surface area contributed by atoms with Crippen molar-refractivity contribution in [3.63, 3.8) is 0 Å². The van der Waals surface area contributed by atoms with Gasteiger partial charge in [0, 0.05) is 43.1 Å². The molecule has 0 unspecified atom stereocenters. The molecule has 1 fully saturated rings. The van der Waals surface area contributed by atoms with E-state index in [1.807, 2.05) is 18.2 Å². The van der Waals surface area contributed by atoms with Crippen LogP contribution in [0.25, 0.3) is 22.0 Å². The van der Waals surface area contributed by atoms with Gasteiger partial charge < -0.3 is 10.0 Å². The Hall–Kier alpha value is -2.14. The molecular weight excluding hydrogens is 346 g/mol. The van der Waals surface area contributed by atoms with Crippen molar-refractivity contribution in [2.24, 2.45) is 0 Å². The first kappa shape index (κ1) is 17.3.